The number of rotatable bonds is 7. The fourth-order valence-corrected chi connectivity index (χ4v) is 4.94. The summed E-state index contributed by atoms with van der Waals surface area (Å²) in [5.41, 5.74) is 6.90. The maximum absolute atomic E-state index is 13.0. The van der Waals surface area contributed by atoms with Crippen LogP contribution in [0.1, 0.15) is 35.4 Å². The Bertz CT molecular complexity index is 1310. The van der Waals surface area contributed by atoms with E-state index in [1.165, 1.54) is 22.4 Å². The highest BCUT2D eigenvalue weighted by molar-refractivity contribution is 5.76. The van der Waals surface area contributed by atoms with Crippen molar-refractivity contribution < 1.29 is 4.79 Å². The van der Waals surface area contributed by atoms with Crippen molar-refractivity contribution in [1.29, 1.82) is 0 Å². The Labute approximate surface area is 207 Å². The number of anilines is 1. The summed E-state index contributed by atoms with van der Waals surface area (Å²) in [5.74, 6) is 1.24. The topological polar surface area (TPSA) is 54.3 Å². The Morgan fingerprint density at radius 3 is 2.54 bits per heavy atom. The van der Waals surface area contributed by atoms with Gasteiger partial charge in [0.05, 0.1) is 6.54 Å². The lowest BCUT2D eigenvalue weighted by atomic mass is 10.1. The van der Waals surface area contributed by atoms with E-state index in [0.717, 1.165) is 62.6 Å². The van der Waals surface area contributed by atoms with Crippen LogP contribution in [0, 0.1) is 13.8 Å². The molecule has 0 radical (unpaired) electrons. The summed E-state index contributed by atoms with van der Waals surface area (Å²) in [6, 6.07) is 20.9. The molecule has 0 N–H and O–H groups in total. The Balaban J connectivity index is 1.19. The molecule has 1 aliphatic heterocycles. The molecule has 6 nitrogen and oxygen atoms in total. The van der Waals surface area contributed by atoms with E-state index in [1.54, 1.807) is 0 Å². The molecule has 1 saturated heterocycles. The molecular weight excluding hydrogens is 434 g/mol. The Morgan fingerprint density at radius 2 is 1.74 bits per heavy atom. The van der Waals surface area contributed by atoms with Crippen molar-refractivity contribution in [1.82, 2.24) is 19.4 Å². The van der Waals surface area contributed by atoms with E-state index in [2.05, 4.69) is 70.8 Å². The van der Waals surface area contributed by atoms with Crippen LogP contribution in [0.15, 0.2) is 66.9 Å². The van der Waals surface area contributed by atoms with Gasteiger partial charge in [0.15, 0.2) is 5.65 Å². The second kappa shape index (κ2) is 10.3. The molecule has 5 rings (SSSR count). The standard InChI is InChI=1S/C29H33N5O/c1-22-13-14-23(2)26(20-22)32-16-18-33(19-17-32)28(35)12-6-11-27-31-25-10-7-15-30-29(25)34(27)21-24-8-4-3-5-9-24/h3-5,7-10,13-15,20H,6,11-12,16-19,21H2,1-2H3. The van der Waals surface area contributed by atoms with Gasteiger partial charge in [-0.3, -0.25) is 4.79 Å². The van der Waals surface area contributed by atoms with Crippen LogP contribution in [0.25, 0.3) is 11.2 Å². The molecule has 3 heterocycles. The lowest BCUT2D eigenvalue weighted by molar-refractivity contribution is -0.131. The number of hydrogen-bond acceptors (Lipinski definition) is 4. The molecule has 1 aliphatic rings. The number of fused-ring (bicyclic) bond motifs is 1. The summed E-state index contributed by atoms with van der Waals surface area (Å²) >= 11 is 0. The maximum atomic E-state index is 13.0. The fraction of sp³-hybridized carbons (Fsp3) is 0.345. The number of imidazole rings is 1. The van der Waals surface area contributed by atoms with Gasteiger partial charge < -0.3 is 14.4 Å². The predicted molar refractivity (Wildman–Crippen MR) is 141 cm³/mol. The third-order valence-electron chi connectivity index (χ3n) is 6.90. The van der Waals surface area contributed by atoms with Crippen molar-refractivity contribution >= 4 is 22.8 Å². The fourth-order valence-electron chi connectivity index (χ4n) is 4.94. The zero-order chi connectivity index (χ0) is 24.2. The van der Waals surface area contributed by atoms with Gasteiger partial charge in [-0.1, -0.05) is 42.5 Å². The van der Waals surface area contributed by atoms with Crippen LogP contribution in [0.2, 0.25) is 0 Å². The van der Waals surface area contributed by atoms with Crippen LogP contribution in [0.4, 0.5) is 5.69 Å². The zero-order valence-corrected chi connectivity index (χ0v) is 20.7. The van der Waals surface area contributed by atoms with Gasteiger partial charge in [0.25, 0.3) is 0 Å². The number of pyridine rings is 1. The minimum absolute atomic E-state index is 0.245. The van der Waals surface area contributed by atoms with Gasteiger partial charge >= 0.3 is 0 Å². The molecular formula is C29H33N5O. The van der Waals surface area contributed by atoms with E-state index in [9.17, 15) is 4.79 Å². The molecule has 2 aromatic heterocycles. The van der Waals surface area contributed by atoms with E-state index < -0.39 is 0 Å². The highest BCUT2D eigenvalue weighted by atomic mass is 16.2. The summed E-state index contributed by atoms with van der Waals surface area (Å²) in [6.45, 7) is 8.35. The van der Waals surface area contributed by atoms with Crippen molar-refractivity contribution in [3.8, 4) is 0 Å². The number of carbonyl (C=O) groups excluding carboxylic acids is 1. The van der Waals surface area contributed by atoms with E-state index in [1.807, 2.05) is 29.3 Å². The molecule has 6 heteroatoms. The molecule has 35 heavy (non-hydrogen) atoms. The van der Waals surface area contributed by atoms with Crippen molar-refractivity contribution in [2.45, 2.75) is 39.7 Å². The number of aryl methyl sites for hydroxylation is 3. The Kier molecular flexibility index (Phi) is 6.80. The SMILES string of the molecule is Cc1ccc(C)c(N2CCN(C(=O)CCCc3nc4cccnc4n3Cc3ccccc3)CC2)c1. The second-order valence-corrected chi connectivity index (χ2v) is 9.46. The van der Waals surface area contributed by atoms with Crippen molar-refractivity contribution in [2.24, 2.45) is 0 Å². The normalized spacial score (nSPS) is 14.0. The molecule has 0 unspecified atom stereocenters. The van der Waals surface area contributed by atoms with Gasteiger partial charge in [0.1, 0.15) is 11.3 Å². The first kappa shape index (κ1) is 23.1. The average Bonchev–Trinajstić information content (AvgIpc) is 3.23. The van der Waals surface area contributed by atoms with E-state index in [-0.39, 0.29) is 5.91 Å². The summed E-state index contributed by atoms with van der Waals surface area (Å²) in [5, 5.41) is 0. The van der Waals surface area contributed by atoms with Crippen molar-refractivity contribution in [3.05, 3.63) is 89.4 Å². The Morgan fingerprint density at radius 1 is 0.943 bits per heavy atom. The molecule has 0 spiro atoms. The third-order valence-corrected chi connectivity index (χ3v) is 6.90. The summed E-state index contributed by atoms with van der Waals surface area (Å²) in [6.07, 6.45) is 3.91. The van der Waals surface area contributed by atoms with Crippen LogP contribution >= 0.6 is 0 Å². The Hall–Kier alpha value is -3.67. The minimum Gasteiger partial charge on any atom is -0.368 e. The first-order valence-corrected chi connectivity index (χ1v) is 12.5. The van der Waals surface area contributed by atoms with Crippen molar-refractivity contribution in [2.75, 3.05) is 31.1 Å². The molecule has 0 atom stereocenters. The van der Waals surface area contributed by atoms with E-state index in [0.29, 0.717) is 6.42 Å². The zero-order valence-electron chi connectivity index (χ0n) is 20.7. The van der Waals surface area contributed by atoms with Gasteiger partial charge in [-0.05, 0) is 55.2 Å². The molecule has 0 saturated carbocycles. The highest BCUT2D eigenvalue weighted by Crippen LogP contribution is 2.23. The summed E-state index contributed by atoms with van der Waals surface area (Å²) in [7, 11) is 0. The molecule has 4 aromatic rings. The van der Waals surface area contributed by atoms with Gasteiger partial charge in [-0.2, -0.15) is 0 Å². The number of hydrogen-bond donors (Lipinski definition) is 0. The molecule has 0 aliphatic carbocycles. The summed E-state index contributed by atoms with van der Waals surface area (Å²) in [4.78, 5) is 26.8. The van der Waals surface area contributed by atoms with Crippen LogP contribution in [-0.2, 0) is 17.8 Å². The second-order valence-electron chi connectivity index (χ2n) is 9.46. The largest absolute Gasteiger partial charge is 0.368 e. The lowest BCUT2D eigenvalue weighted by Crippen LogP contribution is -2.49. The average molecular weight is 468 g/mol. The minimum atomic E-state index is 0.245. The quantitative estimate of drug-likeness (QED) is 0.393. The lowest BCUT2D eigenvalue weighted by Gasteiger charge is -2.37. The van der Waals surface area contributed by atoms with Gasteiger partial charge in [0.2, 0.25) is 5.91 Å². The van der Waals surface area contributed by atoms with E-state index in [4.69, 9.17) is 4.98 Å². The van der Waals surface area contributed by atoms with Gasteiger partial charge in [0, 0.05) is 50.9 Å². The molecule has 1 fully saturated rings. The molecule has 1 amide bonds. The van der Waals surface area contributed by atoms with E-state index >= 15 is 0 Å². The first-order valence-electron chi connectivity index (χ1n) is 12.5. The molecule has 180 valence electrons. The number of piperazine rings is 1. The molecule has 0 bridgehead atoms. The first-order chi connectivity index (χ1) is 17.1. The van der Waals surface area contributed by atoms with Crippen molar-refractivity contribution in [3.63, 3.8) is 0 Å². The monoisotopic (exact) mass is 467 g/mol. The van der Waals surface area contributed by atoms with Crippen LogP contribution < -0.4 is 4.90 Å². The number of aromatic nitrogens is 3. The smallest absolute Gasteiger partial charge is 0.222 e. The number of carbonyl (C=O) groups is 1. The summed E-state index contributed by atoms with van der Waals surface area (Å²) < 4.78 is 2.19. The van der Waals surface area contributed by atoms with Crippen LogP contribution in [0.3, 0.4) is 0 Å². The molecule has 2 aromatic carbocycles. The predicted octanol–water partition coefficient (Wildman–Crippen LogP) is 4.77. The van der Waals surface area contributed by atoms with Crippen LogP contribution in [-0.4, -0.2) is 51.5 Å². The van der Waals surface area contributed by atoms with Crippen LogP contribution in [0.5, 0.6) is 0 Å². The van der Waals surface area contributed by atoms with Gasteiger partial charge in [-0.25, -0.2) is 9.97 Å². The number of amides is 1. The third kappa shape index (κ3) is 5.21. The maximum Gasteiger partial charge on any atom is 0.222 e. The highest BCUT2D eigenvalue weighted by Gasteiger charge is 2.22. The number of benzene rings is 2. The number of nitrogens with zero attached hydrogens (tertiary/aromatic N) is 5. The van der Waals surface area contributed by atoms with Gasteiger partial charge in [-0.15, -0.1) is 0 Å².